The molecule has 1 unspecified atom stereocenters. The van der Waals surface area contributed by atoms with Crippen molar-refractivity contribution in [1.29, 1.82) is 0 Å². The average Bonchev–Trinajstić information content (AvgIpc) is 2.82. The van der Waals surface area contributed by atoms with Crippen LogP contribution in [0.15, 0.2) is 54.6 Å². The number of ether oxygens (including phenoxy) is 2. The van der Waals surface area contributed by atoms with E-state index in [1.54, 1.807) is 0 Å². The summed E-state index contributed by atoms with van der Waals surface area (Å²) >= 11 is 6.23. The fraction of sp³-hybridized carbons (Fsp3) is 0.250. The van der Waals surface area contributed by atoms with E-state index in [-0.39, 0.29) is 18.5 Å². The van der Waals surface area contributed by atoms with Crippen molar-refractivity contribution in [3.8, 4) is 0 Å². The van der Waals surface area contributed by atoms with Crippen molar-refractivity contribution in [1.82, 2.24) is 0 Å². The fourth-order valence-corrected chi connectivity index (χ4v) is 2.58. The highest BCUT2D eigenvalue weighted by Crippen LogP contribution is 2.41. The standard InChI is InChI=1S/C16H15ClO2/c1-11-15(13-9-5-6-10-14(13)17)19-16(18-11)12-7-3-2-4-8-12/h2-11,15-16H,1H3/t11-,15+,16?/m1/s1. The van der Waals surface area contributed by atoms with E-state index in [0.29, 0.717) is 0 Å². The molecule has 1 aliphatic rings. The van der Waals surface area contributed by atoms with Crippen LogP contribution in [0.1, 0.15) is 30.4 Å². The van der Waals surface area contributed by atoms with E-state index >= 15 is 0 Å². The van der Waals surface area contributed by atoms with Gasteiger partial charge in [-0.2, -0.15) is 0 Å². The number of hydrogen-bond donors (Lipinski definition) is 0. The molecule has 0 spiro atoms. The van der Waals surface area contributed by atoms with E-state index in [4.69, 9.17) is 21.1 Å². The first kappa shape index (κ1) is 12.7. The van der Waals surface area contributed by atoms with Gasteiger partial charge in [-0.25, -0.2) is 0 Å². The van der Waals surface area contributed by atoms with Crippen molar-refractivity contribution in [2.75, 3.05) is 0 Å². The Morgan fingerprint density at radius 3 is 2.32 bits per heavy atom. The summed E-state index contributed by atoms with van der Waals surface area (Å²) in [6.07, 6.45) is -0.471. The zero-order valence-electron chi connectivity index (χ0n) is 10.6. The third-order valence-electron chi connectivity index (χ3n) is 3.32. The molecular weight excluding hydrogens is 260 g/mol. The van der Waals surface area contributed by atoms with Gasteiger partial charge in [0, 0.05) is 16.1 Å². The highest BCUT2D eigenvalue weighted by atomic mass is 35.5. The van der Waals surface area contributed by atoms with Gasteiger partial charge in [0.2, 0.25) is 0 Å². The third-order valence-corrected chi connectivity index (χ3v) is 3.66. The summed E-state index contributed by atoms with van der Waals surface area (Å²) in [5, 5.41) is 0.719. The monoisotopic (exact) mass is 274 g/mol. The predicted octanol–water partition coefficient (Wildman–Crippen LogP) is 4.52. The summed E-state index contributed by atoms with van der Waals surface area (Å²) in [5.41, 5.74) is 2.01. The first-order valence-corrected chi connectivity index (χ1v) is 6.74. The largest absolute Gasteiger partial charge is 0.342 e. The summed E-state index contributed by atoms with van der Waals surface area (Å²) in [6, 6.07) is 17.7. The molecule has 2 aromatic carbocycles. The van der Waals surface area contributed by atoms with E-state index in [9.17, 15) is 0 Å². The predicted molar refractivity (Wildman–Crippen MR) is 75.0 cm³/mol. The van der Waals surface area contributed by atoms with Crippen LogP contribution < -0.4 is 0 Å². The topological polar surface area (TPSA) is 18.5 Å². The Morgan fingerprint density at radius 2 is 1.58 bits per heavy atom. The van der Waals surface area contributed by atoms with Crippen molar-refractivity contribution in [3.05, 3.63) is 70.7 Å². The summed E-state index contributed by atoms with van der Waals surface area (Å²) in [6.45, 7) is 2.01. The number of hydrogen-bond acceptors (Lipinski definition) is 2. The SMILES string of the molecule is C[C@H]1OC(c2ccccc2)O[C@@H]1c1ccccc1Cl. The van der Waals surface area contributed by atoms with Crippen LogP contribution in [0.2, 0.25) is 5.02 Å². The molecule has 0 aliphatic carbocycles. The quantitative estimate of drug-likeness (QED) is 0.802. The van der Waals surface area contributed by atoms with E-state index in [1.807, 2.05) is 61.5 Å². The lowest BCUT2D eigenvalue weighted by molar-refractivity contribution is -0.0676. The molecule has 1 fully saturated rings. The number of rotatable bonds is 2. The molecular formula is C16H15ClO2. The Morgan fingerprint density at radius 1 is 0.895 bits per heavy atom. The van der Waals surface area contributed by atoms with Gasteiger partial charge in [-0.15, -0.1) is 0 Å². The maximum absolute atomic E-state index is 6.23. The molecule has 3 heteroatoms. The van der Waals surface area contributed by atoms with E-state index in [2.05, 4.69) is 0 Å². The molecule has 19 heavy (non-hydrogen) atoms. The van der Waals surface area contributed by atoms with E-state index in [1.165, 1.54) is 0 Å². The summed E-state index contributed by atoms with van der Waals surface area (Å²) in [5.74, 6) is 0. The van der Waals surface area contributed by atoms with Crippen molar-refractivity contribution >= 4 is 11.6 Å². The molecule has 1 aliphatic heterocycles. The highest BCUT2D eigenvalue weighted by molar-refractivity contribution is 6.31. The van der Waals surface area contributed by atoms with E-state index in [0.717, 1.165) is 16.1 Å². The first-order valence-electron chi connectivity index (χ1n) is 6.36. The van der Waals surface area contributed by atoms with Crippen molar-refractivity contribution < 1.29 is 9.47 Å². The molecule has 2 aromatic rings. The zero-order valence-corrected chi connectivity index (χ0v) is 11.4. The normalized spacial score (nSPS) is 26.5. The summed E-state index contributed by atoms with van der Waals surface area (Å²) in [4.78, 5) is 0. The Kier molecular flexibility index (Phi) is 3.56. The Bertz CT molecular complexity index is 556. The molecule has 3 atom stereocenters. The second-order valence-corrected chi connectivity index (χ2v) is 5.07. The fourth-order valence-electron chi connectivity index (χ4n) is 2.34. The second-order valence-electron chi connectivity index (χ2n) is 4.66. The van der Waals surface area contributed by atoms with Crippen LogP contribution in [0.4, 0.5) is 0 Å². The minimum absolute atomic E-state index is 0.0230. The van der Waals surface area contributed by atoms with Gasteiger partial charge in [-0.3, -0.25) is 0 Å². The lowest BCUT2D eigenvalue weighted by Crippen LogP contribution is -2.10. The van der Waals surface area contributed by atoms with Crippen LogP contribution in [-0.2, 0) is 9.47 Å². The van der Waals surface area contributed by atoms with E-state index < -0.39 is 0 Å². The molecule has 0 saturated carbocycles. The zero-order chi connectivity index (χ0) is 13.2. The Labute approximate surface area is 117 Å². The molecule has 3 rings (SSSR count). The smallest absolute Gasteiger partial charge is 0.185 e. The van der Waals surface area contributed by atoms with Crippen LogP contribution in [0.5, 0.6) is 0 Å². The highest BCUT2D eigenvalue weighted by Gasteiger charge is 2.35. The van der Waals surface area contributed by atoms with Gasteiger partial charge in [-0.05, 0) is 13.0 Å². The maximum Gasteiger partial charge on any atom is 0.185 e. The summed E-state index contributed by atoms with van der Waals surface area (Å²) in [7, 11) is 0. The van der Waals surface area contributed by atoms with Crippen LogP contribution in [0, 0.1) is 0 Å². The lowest BCUT2D eigenvalue weighted by Gasteiger charge is -2.14. The first-order chi connectivity index (χ1) is 9.25. The minimum atomic E-state index is -0.322. The molecule has 2 nitrogen and oxygen atoms in total. The van der Waals surface area contributed by atoms with Crippen LogP contribution >= 0.6 is 11.6 Å². The van der Waals surface area contributed by atoms with Crippen LogP contribution in [-0.4, -0.2) is 6.10 Å². The van der Waals surface area contributed by atoms with Gasteiger partial charge in [0.25, 0.3) is 0 Å². The van der Waals surface area contributed by atoms with Crippen molar-refractivity contribution in [2.45, 2.75) is 25.4 Å². The molecule has 0 aromatic heterocycles. The molecule has 98 valence electrons. The Hall–Kier alpha value is -1.35. The minimum Gasteiger partial charge on any atom is -0.342 e. The lowest BCUT2D eigenvalue weighted by atomic mass is 10.1. The van der Waals surface area contributed by atoms with Crippen LogP contribution in [0.25, 0.3) is 0 Å². The number of benzene rings is 2. The molecule has 1 heterocycles. The second kappa shape index (κ2) is 5.33. The van der Waals surface area contributed by atoms with Gasteiger partial charge in [0.1, 0.15) is 6.10 Å². The maximum atomic E-state index is 6.23. The molecule has 0 bridgehead atoms. The number of halogens is 1. The molecule has 0 N–H and O–H groups in total. The summed E-state index contributed by atoms with van der Waals surface area (Å²) < 4.78 is 11.9. The average molecular weight is 275 g/mol. The Balaban J connectivity index is 1.85. The van der Waals surface area contributed by atoms with Gasteiger partial charge >= 0.3 is 0 Å². The third kappa shape index (κ3) is 2.52. The molecule has 0 radical (unpaired) electrons. The van der Waals surface area contributed by atoms with Gasteiger partial charge in [0.05, 0.1) is 6.10 Å². The van der Waals surface area contributed by atoms with Gasteiger partial charge in [-0.1, -0.05) is 60.1 Å². The van der Waals surface area contributed by atoms with Gasteiger partial charge < -0.3 is 9.47 Å². The molecule has 0 amide bonds. The van der Waals surface area contributed by atoms with Gasteiger partial charge in [0.15, 0.2) is 6.29 Å². The van der Waals surface area contributed by atoms with Crippen molar-refractivity contribution in [2.24, 2.45) is 0 Å². The molecule has 1 saturated heterocycles. The van der Waals surface area contributed by atoms with Crippen LogP contribution in [0.3, 0.4) is 0 Å². The van der Waals surface area contributed by atoms with Crippen molar-refractivity contribution in [3.63, 3.8) is 0 Å².